The van der Waals surface area contributed by atoms with Gasteiger partial charge >= 0.3 is 0 Å². The molecular formula is C18H18N2. The van der Waals surface area contributed by atoms with Crippen molar-refractivity contribution in [2.45, 2.75) is 19.9 Å². The van der Waals surface area contributed by atoms with Crippen LogP contribution < -0.4 is 5.73 Å². The summed E-state index contributed by atoms with van der Waals surface area (Å²) < 4.78 is 0. The Morgan fingerprint density at radius 3 is 2.55 bits per heavy atom. The second-order valence-corrected chi connectivity index (χ2v) is 5.27. The van der Waals surface area contributed by atoms with E-state index in [0.717, 1.165) is 16.8 Å². The first-order valence-electron chi connectivity index (χ1n) is 6.83. The minimum atomic E-state index is -0.182. The van der Waals surface area contributed by atoms with Crippen LogP contribution in [0, 0.1) is 13.8 Å². The van der Waals surface area contributed by atoms with Crippen LogP contribution in [0.15, 0.2) is 54.6 Å². The van der Waals surface area contributed by atoms with E-state index >= 15 is 0 Å². The Morgan fingerprint density at radius 2 is 1.75 bits per heavy atom. The highest BCUT2D eigenvalue weighted by atomic mass is 14.8. The van der Waals surface area contributed by atoms with E-state index in [9.17, 15) is 0 Å². The molecule has 0 aliphatic carbocycles. The number of fused-ring (bicyclic) bond motifs is 1. The normalized spacial score (nSPS) is 12.6. The number of nitrogens with two attached hydrogens (primary N) is 1. The topological polar surface area (TPSA) is 38.9 Å². The van der Waals surface area contributed by atoms with Crippen molar-refractivity contribution >= 4 is 10.9 Å². The molecule has 0 aliphatic heterocycles. The fraction of sp³-hybridized carbons (Fsp3) is 0.167. The molecule has 1 atom stereocenters. The molecule has 2 N–H and O–H groups in total. The average Bonchev–Trinajstić information content (AvgIpc) is 2.46. The Hall–Kier alpha value is -2.19. The number of benzene rings is 2. The number of hydrogen-bond donors (Lipinski definition) is 1. The van der Waals surface area contributed by atoms with Gasteiger partial charge in [0, 0.05) is 5.39 Å². The van der Waals surface area contributed by atoms with Crippen molar-refractivity contribution < 1.29 is 0 Å². The van der Waals surface area contributed by atoms with Crippen LogP contribution in [0.5, 0.6) is 0 Å². The quantitative estimate of drug-likeness (QED) is 0.760. The van der Waals surface area contributed by atoms with E-state index in [-0.39, 0.29) is 6.04 Å². The molecule has 1 aromatic heterocycles. The lowest BCUT2D eigenvalue weighted by Crippen LogP contribution is -2.14. The molecule has 2 heteroatoms. The van der Waals surface area contributed by atoms with Crippen LogP contribution in [-0.4, -0.2) is 4.98 Å². The fourth-order valence-corrected chi connectivity index (χ4v) is 2.57. The summed E-state index contributed by atoms with van der Waals surface area (Å²) in [6.07, 6.45) is 0. The molecule has 0 radical (unpaired) electrons. The maximum atomic E-state index is 6.38. The fourth-order valence-electron chi connectivity index (χ4n) is 2.57. The van der Waals surface area contributed by atoms with Crippen LogP contribution in [0.3, 0.4) is 0 Å². The number of para-hydroxylation sites is 1. The van der Waals surface area contributed by atoms with Crippen LogP contribution in [0.4, 0.5) is 0 Å². The number of hydrogen-bond acceptors (Lipinski definition) is 2. The van der Waals surface area contributed by atoms with Gasteiger partial charge in [0.05, 0.1) is 17.3 Å². The first-order valence-corrected chi connectivity index (χ1v) is 6.83. The molecule has 2 nitrogen and oxygen atoms in total. The SMILES string of the molecule is Cc1cccc(C(N)c2cc(C)c3ccccc3n2)c1. The van der Waals surface area contributed by atoms with Gasteiger partial charge < -0.3 is 5.73 Å². The van der Waals surface area contributed by atoms with Gasteiger partial charge in [-0.25, -0.2) is 0 Å². The minimum Gasteiger partial charge on any atom is -0.319 e. The average molecular weight is 262 g/mol. The van der Waals surface area contributed by atoms with Gasteiger partial charge in [-0.05, 0) is 37.1 Å². The molecule has 20 heavy (non-hydrogen) atoms. The molecule has 0 aliphatic rings. The Kier molecular flexibility index (Phi) is 3.25. The van der Waals surface area contributed by atoms with E-state index in [0.29, 0.717) is 0 Å². The highest BCUT2D eigenvalue weighted by molar-refractivity contribution is 5.82. The molecule has 0 bridgehead atoms. The van der Waals surface area contributed by atoms with Gasteiger partial charge in [-0.3, -0.25) is 4.98 Å². The van der Waals surface area contributed by atoms with Crippen LogP contribution in [0.1, 0.15) is 28.4 Å². The first kappa shape index (κ1) is 12.8. The van der Waals surface area contributed by atoms with E-state index in [1.54, 1.807) is 0 Å². The zero-order valence-electron chi connectivity index (χ0n) is 11.8. The van der Waals surface area contributed by atoms with Gasteiger partial charge in [0.2, 0.25) is 0 Å². The Morgan fingerprint density at radius 1 is 0.950 bits per heavy atom. The summed E-state index contributed by atoms with van der Waals surface area (Å²) in [6.45, 7) is 4.19. The monoisotopic (exact) mass is 262 g/mol. The smallest absolute Gasteiger partial charge is 0.0726 e. The summed E-state index contributed by atoms with van der Waals surface area (Å²) in [5.74, 6) is 0. The number of nitrogens with zero attached hydrogens (tertiary/aromatic N) is 1. The molecule has 2 aromatic carbocycles. The molecule has 100 valence electrons. The molecule has 3 rings (SSSR count). The molecule has 0 fully saturated rings. The van der Waals surface area contributed by atoms with Crippen molar-refractivity contribution in [1.29, 1.82) is 0 Å². The lowest BCUT2D eigenvalue weighted by molar-refractivity contribution is 0.833. The third-order valence-electron chi connectivity index (χ3n) is 3.66. The second kappa shape index (κ2) is 5.06. The van der Waals surface area contributed by atoms with Gasteiger partial charge in [-0.1, -0.05) is 48.0 Å². The van der Waals surface area contributed by atoms with Crippen LogP contribution in [-0.2, 0) is 0 Å². The largest absolute Gasteiger partial charge is 0.319 e. The zero-order valence-corrected chi connectivity index (χ0v) is 11.8. The van der Waals surface area contributed by atoms with Gasteiger partial charge in [-0.2, -0.15) is 0 Å². The third kappa shape index (κ3) is 2.30. The maximum Gasteiger partial charge on any atom is 0.0726 e. The predicted molar refractivity (Wildman–Crippen MR) is 83.7 cm³/mol. The highest BCUT2D eigenvalue weighted by Gasteiger charge is 2.12. The van der Waals surface area contributed by atoms with E-state index < -0.39 is 0 Å². The van der Waals surface area contributed by atoms with E-state index in [1.165, 1.54) is 16.5 Å². The van der Waals surface area contributed by atoms with Gasteiger partial charge in [0.15, 0.2) is 0 Å². The zero-order chi connectivity index (χ0) is 14.1. The molecule has 0 spiro atoms. The maximum absolute atomic E-state index is 6.38. The molecule has 0 saturated carbocycles. The van der Waals surface area contributed by atoms with Crippen molar-refractivity contribution in [3.05, 3.63) is 77.0 Å². The summed E-state index contributed by atoms with van der Waals surface area (Å²) in [5, 5.41) is 1.19. The Labute approximate surface area is 119 Å². The van der Waals surface area contributed by atoms with E-state index in [4.69, 9.17) is 10.7 Å². The highest BCUT2D eigenvalue weighted by Crippen LogP contribution is 2.24. The van der Waals surface area contributed by atoms with Gasteiger partial charge in [0.25, 0.3) is 0 Å². The number of aryl methyl sites for hydroxylation is 2. The van der Waals surface area contributed by atoms with Crippen molar-refractivity contribution in [1.82, 2.24) is 4.98 Å². The van der Waals surface area contributed by atoms with Crippen LogP contribution in [0.2, 0.25) is 0 Å². The number of aromatic nitrogens is 1. The summed E-state index contributed by atoms with van der Waals surface area (Å²) in [6, 6.07) is 18.4. The van der Waals surface area contributed by atoms with Crippen LogP contribution in [0.25, 0.3) is 10.9 Å². The summed E-state index contributed by atoms with van der Waals surface area (Å²) in [4.78, 5) is 4.72. The Bertz CT molecular complexity index is 762. The summed E-state index contributed by atoms with van der Waals surface area (Å²) >= 11 is 0. The van der Waals surface area contributed by atoms with E-state index in [1.807, 2.05) is 24.3 Å². The molecular weight excluding hydrogens is 244 g/mol. The van der Waals surface area contributed by atoms with E-state index in [2.05, 4.69) is 44.2 Å². The second-order valence-electron chi connectivity index (χ2n) is 5.27. The summed E-state index contributed by atoms with van der Waals surface area (Å²) in [7, 11) is 0. The van der Waals surface area contributed by atoms with Gasteiger partial charge in [-0.15, -0.1) is 0 Å². The molecule has 1 heterocycles. The molecule has 0 amide bonds. The van der Waals surface area contributed by atoms with Crippen molar-refractivity contribution in [2.24, 2.45) is 5.73 Å². The Balaban J connectivity index is 2.10. The standard InChI is InChI=1S/C18H18N2/c1-12-6-5-7-14(10-12)18(19)17-11-13(2)15-8-3-4-9-16(15)20-17/h3-11,18H,19H2,1-2H3. The molecule has 1 unspecified atom stereocenters. The minimum absolute atomic E-state index is 0.182. The van der Waals surface area contributed by atoms with Gasteiger partial charge in [0.1, 0.15) is 0 Å². The summed E-state index contributed by atoms with van der Waals surface area (Å²) in [5.41, 5.74) is 11.8. The predicted octanol–water partition coefficient (Wildman–Crippen LogP) is 3.90. The van der Waals surface area contributed by atoms with Crippen molar-refractivity contribution in [2.75, 3.05) is 0 Å². The number of rotatable bonds is 2. The van der Waals surface area contributed by atoms with Crippen molar-refractivity contribution in [3.8, 4) is 0 Å². The molecule has 0 saturated heterocycles. The molecule has 3 aromatic rings. The third-order valence-corrected chi connectivity index (χ3v) is 3.66. The number of pyridine rings is 1. The lowest BCUT2D eigenvalue weighted by atomic mass is 9.99. The first-order chi connectivity index (χ1) is 9.65. The lowest BCUT2D eigenvalue weighted by Gasteiger charge is -2.14. The van der Waals surface area contributed by atoms with Crippen molar-refractivity contribution in [3.63, 3.8) is 0 Å². The van der Waals surface area contributed by atoms with Crippen LogP contribution >= 0.6 is 0 Å².